The second kappa shape index (κ2) is 6.16. The van der Waals surface area contributed by atoms with Gasteiger partial charge in [0.25, 0.3) is 11.6 Å². The maximum Gasteiger partial charge on any atom is 0.314 e. The number of hydrogen-bond donors (Lipinski definition) is 3. The average molecular weight is 367 g/mol. The van der Waals surface area contributed by atoms with Crippen molar-refractivity contribution in [2.24, 2.45) is 0 Å². The van der Waals surface area contributed by atoms with Gasteiger partial charge in [0.1, 0.15) is 5.69 Å². The normalized spacial score (nSPS) is 15.5. The van der Waals surface area contributed by atoms with E-state index in [0.717, 1.165) is 0 Å². The fourth-order valence-corrected chi connectivity index (χ4v) is 3.39. The number of H-pyrrole nitrogens is 2. The molecule has 2 heterocycles. The lowest BCUT2D eigenvalue weighted by Gasteiger charge is -2.11. The molecule has 1 unspecified atom stereocenters. The number of aromatic amines is 2. The first-order valence-electron chi connectivity index (χ1n) is 8.11. The molecule has 0 spiro atoms. The Bertz CT molecular complexity index is 1200. The Morgan fingerprint density at radius 2 is 1.93 bits per heavy atom. The summed E-state index contributed by atoms with van der Waals surface area (Å²) in [4.78, 5) is 55.3. The van der Waals surface area contributed by atoms with Crippen LogP contribution in [0.4, 0.5) is 5.69 Å². The highest BCUT2D eigenvalue weighted by atomic mass is 16.6. The van der Waals surface area contributed by atoms with Crippen molar-refractivity contribution in [3.63, 3.8) is 0 Å². The molecule has 10 heteroatoms. The highest BCUT2D eigenvalue weighted by Gasteiger charge is 2.32. The number of pyridine rings is 1. The summed E-state index contributed by atoms with van der Waals surface area (Å²) in [6.45, 7) is 0. The number of aromatic nitrogens is 3. The maximum atomic E-state index is 12.3. The van der Waals surface area contributed by atoms with Gasteiger partial charge < -0.3 is 15.3 Å². The van der Waals surface area contributed by atoms with Gasteiger partial charge in [0, 0.05) is 30.3 Å². The molecule has 4 rings (SSSR count). The van der Waals surface area contributed by atoms with Crippen LogP contribution in [0.25, 0.3) is 11.0 Å². The lowest BCUT2D eigenvalue weighted by molar-refractivity contribution is -0.385. The van der Waals surface area contributed by atoms with E-state index in [0.29, 0.717) is 16.6 Å². The summed E-state index contributed by atoms with van der Waals surface area (Å²) in [5, 5.41) is 14.3. The first kappa shape index (κ1) is 16.6. The number of amides is 1. The van der Waals surface area contributed by atoms with Gasteiger partial charge in [-0.05, 0) is 24.1 Å². The summed E-state index contributed by atoms with van der Waals surface area (Å²) in [5.41, 5.74) is -0.133. The topological polar surface area (TPSA) is 151 Å². The lowest BCUT2D eigenvalue weighted by Crippen LogP contribution is -2.35. The Kier molecular flexibility index (Phi) is 3.80. The number of nitro benzene ring substituents is 1. The van der Waals surface area contributed by atoms with Gasteiger partial charge in [0.2, 0.25) is 0 Å². The van der Waals surface area contributed by atoms with Gasteiger partial charge in [0.05, 0.1) is 16.0 Å². The lowest BCUT2D eigenvalue weighted by atomic mass is 10.1. The van der Waals surface area contributed by atoms with Gasteiger partial charge >= 0.3 is 11.1 Å². The highest BCUT2D eigenvalue weighted by molar-refractivity contribution is 5.92. The maximum absolute atomic E-state index is 12.3. The SMILES string of the molecule is O=C(NC1Cc2c([N+](=O)[O-])cc3[nH]c(=O)c(=O)[nH]c3c2C1)c1ccccn1. The zero-order valence-electron chi connectivity index (χ0n) is 13.8. The number of nitro groups is 1. The van der Waals surface area contributed by atoms with Crippen molar-refractivity contribution in [3.8, 4) is 0 Å². The summed E-state index contributed by atoms with van der Waals surface area (Å²) in [6.07, 6.45) is 2.02. The summed E-state index contributed by atoms with van der Waals surface area (Å²) in [5.74, 6) is -0.387. The van der Waals surface area contributed by atoms with E-state index in [1.165, 1.54) is 12.3 Å². The third-order valence-electron chi connectivity index (χ3n) is 4.55. The van der Waals surface area contributed by atoms with Gasteiger partial charge in [-0.15, -0.1) is 0 Å². The molecule has 0 saturated carbocycles. The van der Waals surface area contributed by atoms with Crippen LogP contribution in [0, 0.1) is 10.1 Å². The van der Waals surface area contributed by atoms with Crippen LogP contribution >= 0.6 is 0 Å². The monoisotopic (exact) mass is 367 g/mol. The number of carbonyl (C=O) groups is 1. The van der Waals surface area contributed by atoms with Crippen LogP contribution in [0.5, 0.6) is 0 Å². The largest absolute Gasteiger partial charge is 0.347 e. The molecule has 136 valence electrons. The van der Waals surface area contributed by atoms with Gasteiger partial charge in [-0.25, -0.2) is 0 Å². The Labute approximate surface area is 150 Å². The minimum Gasteiger partial charge on any atom is -0.347 e. The Hall–Kier alpha value is -3.82. The van der Waals surface area contributed by atoms with E-state index < -0.39 is 22.1 Å². The predicted octanol–water partition coefficient (Wildman–Crippen LogP) is 0.417. The average Bonchev–Trinajstić information content (AvgIpc) is 3.06. The van der Waals surface area contributed by atoms with E-state index in [9.17, 15) is 24.5 Å². The highest BCUT2D eigenvalue weighted by Crippen LogP contribution is 2.35. The molecule has 27 heavy (non-hydrogen) atoms. The van der Waals surface area contributed by atoms with Crippen LogP contribution in [-0.2, 0) is 12.8 Å². The van der Waals surface area contributed by atoms with E-state index in [4.69, 9.17) is 0 Å². The van der Waals surface area contributed by atoms with Gasteiger partial charge in [-0.3, -0.25) is 29.5 Å². The van der Waals surface area contributed by atoms with E-state index >= 15 is 0 Å². The Morgan fingerprint density at radius 1 is 1.19 bits per heavy atom. The smallest absolute Gasteiger partial charge is 0.314 e. The van der Waals surface area contributed by atoms with Gasteiger partial charge in [-0.2, -0.15) is 0 Å². The molecular formula is C17H13N5O5. The number of benzene rings is 1. The molecule has 0 bridgehead atoms. The molecule has 1 aromatic carbocycles. The Morgan fingerprint density at radius 3 is 2.63 bits per heavy atom. The quantitative estimate of drug-likeness (QED) is 0.347. The summed E-state index contributed by atoms with van der Waals surface area (Å²) >= 11 is 0. The fourth-order valence-electron chi connectivity index (χ4n) is 3.39. The molecule has 3 aromatic rings. The van der Waals surface area contributed by atoms with E-state index in [1.807, 2.05) is 0 Å². The fraction of sp³-hybridized carbons (Fsp3) is 0.176. The van der Waals surface area contributed by atoms with Gasteiger partial charge in [0.15, 0.2) is 0 Å². The molecule has 0 radical (unpaired) electrons. The Balaban J connectivity index is 1.74. The van der Waals surface area contributed by atoms with Crippen LogP contribution in [0.3, 0.4) is 0 Å². The second-order valence-electron chi connectivity index (χ2n) is 6.23. The first-order chi connectivity index (χ1) is 12.9. The third-order valence-corrected chi connectivity index (χ3v) is 4.55. The molecular weight excluding hydrogens is 354 g/mol. The van der Waals surface area contributed by atoms with E-state index in [1.54, 1.807) is 18.2 Å². The van der Waals surface area contributed by atoms with Crippen molar-refractivity contribution in [1.82, 2.24) is 20.3 Å². The van der Waals surface area contributed by atoms with E-state index in [-0.39, 0.29) is 35.6 Å². The number of nitrogens with zero attached hydrogens (tertiary/aromatic N) is 2. The molecule has 1 aliphatic carbocycles. The van der Waals surface area contributed by atoms with Crippen LogP contribution in [0.15, 0.2) is 40.1 Å². The molecule has 1 aliphatic rings. The third kappa shape index (κ3) is 2.86. The van der Waals surface area contributed by atoms with Crippen molar-refractivity contribution in [1.29, 1.82) is 0 Å². The van der Waals surface area contributed by atoms with Crippen molar-refractivity contribution < 1.29 is 9.72 Å². The standard InChI is InChI=1S/C17H13N5O5/c23-15(11-3-1-2-4-18-11)19-8-5-9-10(6-8)14-12(7-13(9)22(26)27)20-16(24)17(25)21-14/h1-4,7-8H,5-6H2,(H,19,23)(H,20,24)(H,21,25). The molecule has 0 saturated heterocycles. The number of carbonyl (C=O) groups excluding carboxylic acids is 1. The van der Waals surface area contributed by atoms with E-state index in [2.05, 4.69) is 20.3 Å². The first-order valence-corrected chi connectivity index (χ1v) is 8.11. The summed E-state index contributed by atoms with van der Waals surface area (Å²) in [6, 6.07) is 5.78. The molecule has 1 amide bonds. The molecule has 0 fully saturated rings. The number of rotatable bonds is 3. The van der Waals surface area contributed by atoms with Gasteiger partial charge in [-0.1, -0.05) is 6.07 Å². The zero-order chi connectivity index (χ0) is 19.1. The number of nitrogens with one attached hydrogen (secondary N) is 3. The van der Waals surface area contributed by atoms with Crippen molar-refractivity contribution in [2.75, 3.05) is 0 Å². The van der Waals surface area contributed by atoms with Crippen LogP contribution in [0.2, 0.25) is 0 Å². The minimum absolute atomic E-state index is 0.158. The molecule has 10 nitrogen and oxygen atoms in total. The molecule has 0 aliphatic heterocycles. The number of hydrogen-bond acceptors (Lipinski definition) is 6. The minimum atomic E-state index is -0.880. The van der Waals surface area contributed by atoms with Crippen molar-refractivity contribution >= 4 is 22.6 Å². The van der Waals surface area contributed by atoms with Crippen LogP contribution in [-0.4, -0.2) is 31.8 Å². The number of fused-ring (bicyclic) bond motifs is 3. The molecule has 3 N–H and O–H groups in total. The summed E-state index contributed by atoms with van der Waals surface area (Å²) in [7, 11) is 0. The predicted molar refractivity (Wildman–Crippen MR) is 94.7 cm³/mol. The molecule has 1 atom stereocenters. The van der Waals surface area contributed by atoms with Crippen LogP contribution in [0.1, 0.15) is 21.6 Å². The van der Waals surface area contributed by atoms with Crippen LogP contribution < -0.4 is 16.4 Å². The molecule has 2 aromatic heterocycles. The van der Waals surface area contributed by atoms with Crippen molar-refractivity contribution in [2.45, 2.75) is 18.9 Å². The second-order valence-corrected chi connectivity index (χ2v) is 6.23. The summed E-state index contributed by atoms with van der Waals surface area (Å²) < 4.78 is 0. The zero-order valence-corrected chi connectivity index (χ0v) is 13.8. The van der Waals surface area contributed by atoms with Crippen molar-refractivity contribution in [3.05, 3.63) is 78.1 Å².